The molecule has 6 nitrogen and oxygen atoms in total. The topological polar surface area (TPSA) is 71.5 Å². The number of hydrogen-bond acceptors (Lipinski definition) is 5. The van der Waals surface area contributed by atoms with Crippen molar-refractivity contribution in [3.05, 3.63) is 18.3 Å². The number of pyridine rings is 1. The fraction of sp³-hybridized carbons (Fsp3) is 0.583. The summed E-state index contributed by atoms with van der Waals surface area (Å²) >= 11 is 0. The molecule has 3 rings (SSSR count). The Balaban J connectivity index is 1.97. The van der Waals surface area contributed by atoms with Gasteiger partial charge in [0.1, 0.15) is 11.0 Å². The highest BCUT2D eigenvalue weighted by Gasteiger charge is 2.42. The van der Waals surface area contributed by atoms with Crippen molar-refractivity contribution < 1.29 is 13.2 Å². The highest BCUT2D eigenvalue weighted by Crippen LogP contribution is 2.29. The molecule has 1 fully saturated rings. The largest absolute Gasteiger partial charge is 0.470 e. The van der Waals surface area contributed by atoms with Crippen LogP contribution in [0.4, 0.5) is 0 Å². The Morgan fingerprint density at radius 1 is 1.47 bits per heavy atom. The van der Waals surface area contributed by atoms with E-state index in [1.807, 2.05) is 0 Å². The van der Waals surface area contributed by atoms with Crippen molar-refractivity contribution in [1.82, 2.24) is 14.6 Å². The fourth-order valence-corrected chi connectivity index (χ4v) is 3.87. The summed E-state index contributed by atoms with van der Waals surface area (Å²) in [5.41, 5.74) is 0. The van der Waals surface area contributed by atoms with Gasteiger partial charge < -0.3 is 4.74 Å². The van der Waals surface area contributed by atoms with Crippen molar-refractivity contribution in [1.29, 1.82) is 0 Å². The van der Waals surface area contributed by atoms with Gasteiger partial charge in [0.15, 0.2) is 0 Å². The average molecular weight is 283 g/mol. The van der Waals surface area contributed by atoms with E-state index in [0.29, 0.717) is 19.1 Å². The highest BCUT2D eigenvalue weighted by atomic mass is 32.2. The maximum atomic E-state index is 12.3. The van der Waals surface area contributed by atoms with E-state index in [4.69, 9.17) is 4.74 Å². The first kappa shape index (κ1) is 12.8. The lowest BCUT2D eigenvalue weighted by atomic mass is 10.2. The van der Waals surface area contributed by atoms with Crippen LogP contribution in [0.25, 0.3) is 0 Å². The summed E-state index contributed by atoms with van der Waals surface area (Å²) in [6.45, 7) is 5.55. The Hall–Kier alpha value is -1.18. The van der Waals surface area contributed by atoms with Crippen LogP contribution in [0.2, 0.25) is 0 Å². The first-order valence-corrected chi connectivity index (χ1v) is 7.84. The van der Waals surface area contributed by atoms with E-state index < -0.39 is 10.0 Å². The molecule has 19 heavy (non-hydrogen) atoms. The molecule has 0 spiro atoms. The minimum Gasteiger partial charge on any atom is -0.470 e. The summed E-state index contributed by atoms with van der Waals surface area (Å²) in [5.74, 6) is 0.202. The Labute approximate surface area is 112 Å². The number of rotatable bonds is 1. The van der Waals surface area contributed by atoms with Crippen LogP contribution in [-0.2, 0) is 10.0 Å². The van der Waals surface area contributed by atoms with E-state index >= 15 is 0 Å². The van der Waals surface area contributed by atoms with Gasteiger partial charge in [-0.1, -0.05) is 0 Å². The summed E-state index contributed by atoms with van der Waals surface area (Å²) in [7, 11) is -3.55. The average Bonchev–Trinajstić information content (AvgIpc) is 2.68. The van der Waals surface area contributed by atoms with Crippen molar-refractivity contribution in [2.45, 2.75) is 36.9 Å². The molecular weight excluding hydrogens is 266 g/mol. The molecule has 0 amide bonds. The van der Waals surface area contributed by atoms with Gasteiger partial charge in [-0.15, -0.1) is 0 Å². The van der Waals surface area contributed by atoms with Crippen molar-refractivity contribution in [3.63, 3.8) is 0 Å². The highest BCUT2D eigenvalue weighted by molar-refractivity contribution is 7.89. The van der Waals surface area contributed by atoms with E-state index in [-0.39, 0.29) is 22.9 Å². The molecule has 7 heteroatoms. The molecule has 2 aliphatic heterocycles. The molecular formula is C12H17N3O3S. The molecule has 2 aliphatic rings. The van der Waals surface area contributed by atoms with Crippen LogP contribution in [-0.4, -0.2) is 49.6 Å². The van der Waals surface area contributed by atoms with Gasteiger partial charge in [0.2, 0.25) is 15.9 Å². The minimum absolute atomic E-state index is 0.125. The molecule has 1 saturated heterocycles. The summed E-state index contributed by atoms with van der Waals surface area (Å²) in [6.07, 6.45) is 1.36. The zero-order valence-corrected chi connectivity index (χ0v) is 11.7. The van der Waals surface area contributed by atoms with Gasteiger partial charge in [-0.2, -0.15) is 0 Å². The number of hydrogen-bond donors (Lipinski definition) is 1. The van der Waals surface area contributed by atoms with Gasteiger partial charge in [0.05, 0.1) is 6.04 Å². The molecule has 1 aromatic rings. The Kier molecular flexibility index (Phi) is 2.99. The number of fused-ring (bicyclic) bond motifs is 2. The fourth-order valence-electron chi connectivity index (χ4n) is 2.53. The minimum atomic E-state index is -3.55. The second-order valence-electron chi connectivity index (χ2n) is 5.24. The Morgan fingerprint density at radius 2 is 2.26 bits per heavy atom. The summed E-state index contributed by atoms with van der Waals surface area (Å²) in [4.78, 5) is 6.37. The zero-order chi connectivity index (χ0) is 13.6. The van der Waals surface area contributed by atoms with Crippen molar-refractivity contribution in [2.75, 3.05) is 13.1 Å². The van der Waals surface area contributed by atoms with E-state index in [2.05, 4.69) is 28.5 Å². The Morgan fingerprint density at radius 3 is 3.00 bits per heavy atom. The summed E-state index contributed by atoms with van der Waals surface area (Å²) in [5, 5.41) is 0. The van der Waals surface area contributed by atoms with Gasteiger partial charge in [0, 0.05) is 25.3 Å². The second kappa shape index (κ2) is 4.43. The van der Waals surface area contributed by atoms with Crippen LogP contribution in [0.15, 0.2) is 23.2 Å². The third kappa shape index (κ3) is 2.22. The number of nitrogens with one attached hydrogen (secondary N) is 1. The summed E-state index contributed by atoms with van der Waals surface area (Å²) < 4.78 is 33.1. The SMILES string of the molecule is CC(C)N1CC2NS(=O)(=O)c3cccnc3OC2C1. The monoisotopic (exact) mass is 283 g/mol. The smallest absolute Gasteiger partial charge is 0.246 e. The van der Waals surface area contributed by atoms with Crippen LogP contribution in [0.5, 0.6) is 5.88 Å². The van der Waals surface area contributed by atoms with Crippen molar-refractivity contribution in [3.8, 4) is 5.88 Å². The number of ether oxygens (including phenoxy) is 1. The third-order valence-electron chi connectivity index (χ3n) is 3.62. The molecule has 0 aromatic carbocycles. The molecule has 104 valence electrons. The van der Waals surface area contributed by atoms with E-state index in [9.17, 15) is 8.42 Å². The van der Waals surface area contributed by atoms with E-state index in [1.165, 1.54) is 6.07 Å². The lowest BCUT2D eigenvalue weighted by Crippen LogP contribution is -2.42. The number of aromatic nitrogens is 1. The van der Waals surface area contributed by atoms with Gasteiger partial charge in [0.25, 0.3) is 0 Å². The van der Waals surface area contributed by atoms with Gasteiger partial charge in [-0.25, -0.2) is 18.1 Å². The van der Waals surface area contributed by atoms with Crippen LogP contribution < -0.4 is 9.46 Å². The summed E-state index contributed by atoms with van der Waals surface area (Å²) in [6, 6.07) is 3.26. The third-order valence-corrected chi connectivity index (χ3v) is 5.12. The Bertz CT molecular complexity index is 588. The van der Waals surface area contributed by atoms with Gasteiger partial charge >= 0.3 is 0 Å². The zero-order valence-electron chi connectivity index (χ0n) is 10.9. The van der Waals surface area contributed by atoms with Crippen LogP contribution in [0, 0.1) is 0 Å². The lowest BCUT2D eigenvalue weighted by Gasteiger charge is -2.20. The molecule has 2 unspecified atom stereocenters. The predicted molar refractivity (Wildman–Crippen MR) is 69.5 cm³/mol. The first-order valence-electron chi connectivity index (χ1n) is 6.35. The first-order chi connectivity index (χ1) is 8.97. The lowest BCUT2D eigenvalue weighted by molar-refractivity contribution is 0.170. The van der Waals surface area contributed by atoms with Crippen molar-refractivity contribution in [2.24, 2.45) is 0 Å². The van der Waals surface area contributed by atoms with Gasteiger partial charge in [-0.3, -0.25) is 4.90 Å². The van der Waals surface area contributed by atoms with Crippen LogP contribution in [0.1, 0.15) is 13.8 Å². The van der Waals surface area contributed by atoms with E-state index in [0.717, 1.165) is 0 Å². The molecule has 0 bridgehead atoms. The molecule has 1 aromatic heterocycles. The molecule has 0 radical (unpaired) electrons. The number of sulfonamides is 1. The van der Waals surface area contributed by atoms with Gasteiger partial charge in [-0.05, 0) is 26.0 Å². The molecule has 0 aliphatic carbocycles. The molecule has 0 saturated carbocycles. The second-order valence-corrected chi connectivity index (χ2v) is 6.92. The van der Waals surface area contributed by atoms with Crippen molar-refractivity contribution >= 4 is 10.0 Å². The normalized spacial score (nSPS) is 29.4. The standard InChI is InChI=1S/C12H17N3O3S/c1-8(2)15-6-9-10(7-15)18-12-11(4-3-5-13-12)19(16,17)14-9/h3-5,8-10,14H,6-7H2,1-2H3. The molecule has 3 heterocycles. The number of nitrogens with zero attached hydrogens (tertiary/aromatic N) is 2. The van der Waals surface area contributed by atoms with Crippen LogP contribution in [0.3, 0.4) is 0 Å². The number of likely N-dealkylation sites (tertiary alicyclic amines) is 1. The molecule has 1 N–H and O–H groups in total. The maximum absolute atomic E-state index is 12.3. The maximum Gasteiger partial charge on any atom is 0.246 e. The quantitative estimate of drug-likeness (QED) is 0.798. The molecule has 2 atom stereocenters. The van der Waals surface area contributed by atoms with E-state index in [1.54, 1.807) is 12.3 Å². The predicted octanol–water partition coefficient (Wildman–Crippen LogP) is 0.213. The van der Waals surface area contributed by atoms with Crippen LogP contribution >= 0.6 is 0 Å².